The second-order valence-electron chi connectivity index (χ2n) is 5.98. The summed E-state index contributed by atoms with van der Waals surface area (Å²) in [6.07, 6.45) is 0. The van der Waals surface area contributed by atoms with Gasteiger partial charge in [0.2, 0.25) is 0 Å². The molecule has 0 aliphatic carbocycles. The third kappa shape index (κ3) is 5.14. The van der Waals surface area contributed by atoms with E-state index in [-0.39, 0.29) is 22.2 Å². The minimum absolute atomic E-state index is 0.00748. The molecule has 0 aliphatic rings. The summed E-state index contributed by atoms with van der Waals surface area (Å²) in [6.45, 7) is 0. The van der Waals surface area contributed by atoms with Crippen molar-refractivity contribution in [2.24, 2.45) is 10.2 Å². The topological polar surface area (TPSA) is 213 Å². The zero-order valence-corrected chi connectivity index (χ0v) is 17.8. The Balaban J connectivity index is 2.22. The Hall–Kier alpha value is -2.83. The number of hydrogen-bond acceptors (Lipinski definition) is 12. The van der Waals surface area contributed by atoms with Crippen LogP contribution in [-0.2, 0) is 29.6 Å². The van der Waals surface area contributed by atoms with E-state index in [0.29, 0.717) is 16.9 Å². The largest absolute Gasteiger partial charge is 0.506 e. The van der Waals surface area contributed by atoms with Gasteiger partial charge in [-0.2, -0.15) is 16.8 Å². The molecule has 32 heavy (non-hydrogen) atoms. The summed E-state index contributed by atoms with van der Waals surface area (Å²) in [4.78, 5) is -1.27. The van der Waals surface area contributed by atoms with E-state index in [0.717, 1.165) is 24.3 Å². The van der Waals surface area contributed by atoms with Gasteiger partial charge in [0.15, 0.2) is 5.75 Å². The molecule has 0 atom stereocenters. The maximum atomic E-state index is 11.7. The van der Waals surface area contributed by atoms with Crippen molar-refractivity contribution in [3.8, 4) is 11.5 Å². The Morgan fingerprint density at radius 1 is 0.875 bits per heavy atom. The first-order valence-corrected chi connectivity index (χ1v) is 11.7. The summed E-state index contributed by atoms with van der Waals surface area (Å²) in [6, 6.07) is 7.60. The van der Waals surface area contributed by atoms with Gasteiger partial charge >= 0.3 is 0 Å². The molecular formula is C16H12N2O11S3. The molecule has 170 valence electrons. The first kappa shape index (κ1) is 23.8. The van der Waals surface area contributed by atoms with E-state index in [1.165, 1.54) is 18.2 Å². The summed E-state index contributed by atoms with van der Waals surface area (Å²) >= 11 is 0.553. The number of phenolic OH excluding ortho intramolecular Hbond substituents is 2. The lowest BCUT2D eigenvalue weighted by Crippen LogP contribution is -2.00. The molecule has 0 radical (unpaired) electrons. The van der Waals surface area contributed by atoms with Gasteiger partial charge in [-0.25, -0.2) is 5.26 Å². The van der Waals surface area contributed by atoms with Crippen molar-refractivity contribution in [3.63, 3.8) is 0 Å². The third-order valence-electron chi connectivity index (χ3n) is 3.96. The van der Waals surface area contributed by atoms with Crippen LogP contribution >= 0.6 is 12.0 Å². The van der Waals surface area contributed by atoms with Crippen LogP contribution in [0.2, 0.25) is 0 Å². The van der Waals surface area contributed by atoms with Crippen molar-refractivity contribution in [1.29, 1.82) is 0 Å². The van der Waals surface area contributed by atoms with Crippen molar-refractivity contribution >= 4 is 54.4 Å². The molecule has 0 fully saturated rings. The molecule has 3 aromatic rings. The van der Waals surface area contributed by atoms with Gasteiger partial charge in [0, 0.05) is 10.3 Å². The molecule has 16 heteroatoms. The Morgan fingerprint density at radius 3 is 2.22 bits per heavy atom. The molecule has 13 nitrogen and oxygen atoms in total. The highest BCUT2D eigenvalue weighted by Gasteiger charge is 2.23. The highest BCUT2D eigenvalue weighted by molar-refractivity contribution is 7.94. The van der Waals surface area contributed by atoms with Crippen LogP contribution in [0, 0.1) is 0 Å². The molecule has 0 heterocycles. The van der Waals surface area contributed by atoms with Gasteiger partial charge in [0.25, 0.3) is 20.2 Å². The van der Waals surface area contributed by atoms with Gasteiger partial charge in [-0.15, -0.1) is 14.6 Å². The number of rotatable bonds is 7. The molecule has 0 bridgehead atoms. The Kier molecular flexibility index (Phi) is 6.67. The first-order valence-electron chi connectivity index (χ1n) is 8.06. The van der Waals surface area contributed by atoms with Crippen molar-refractivity contribution < 1.29 is 50.8 Å². The van der Waals surface area contributed by atoms with Crippen LogP contribution < -0.4 is 0 Å². The minimum Gasteiger partial charge on any atom is -0.506 e. The normalized spacial score (nSPS) is 12.6. The van der Waals surface area contributed by atoms with Crippen LogP contribution in [0.5, 0.6) is 11.5 Å². The lowest BCUT2D eigenvalue weighted by molar-refractivity contribution is -0.432. The number of benzene rings is 3. The predicted molar refractivity (Wildman–Crippen MR) is 108 cm³/mol. The zero-order valence-electron chi connectivity index (χ0n) is 15.3. The second kappa shape index (κ2) is 8.96. The summed E-state index contributed by atoms with van der Waals surface area (Å²) < 4.78 is 69.0. The van der Waals surface area contributed by atoms with Crippen LogP contribution in [0.25, 0.3) is 10.8 Å². The van der Waals surface area contributed by atoms with Crippen LogP contribution in [-0.4, -0.2) is 41.4 Å². The lowest BCUT2D eigenvalue weighted by atomic mass is 10.1. The number of azo groups is 1. The SMILES string of the molecule is O=S(=O)(O)c1ccc2c(N=Nc3cc(SOOO)ccc3O)c(O)c(S(=O)(=O)O)cc2c1. The van der Waals surface area contributed by atoms with Crippen molar-refractivity contribution in [2.45, 2.75) is 14.7 Å². The molecule has 3 rings (SSSR count). The van der Waals surface area contributed by atoms with E-state index in [1.54, 1.807) is 0 Å². The van der Waals surface area contributed by atoms with E-state index in [9.17, 15) is 36.2 Å². The highest BCUT2D eigenvalue weighted by Crippen LogP contribution is 2.42. The van der Waals surface area contributed by atoms with Gasteiger partial charge in [0.05, 0.1) is 16.9 Å². The summed E-state index contributed by atoms with van der Waals surface area (Å²) in [5.41, 5.74) is -0.652. The number of fused-ring (bicyclic) bond motifs is 1. The van der Waals surface area contributed by atoms with Crippen LogP contribution in [0.4, 0.5) is 11.4 Å². The average Bonchev–Trinajstić information content (AvgIpc) is 2.71. The van der Waals surface area contributed by atoms with Gasteiger partial charge in [-0.05, 0) is 41.8 Å². The fourth-order valence-corrected chi connectivity index (χ4v) is 4.11. The second-order valence-corrected chi connectivity index (χ2v) is 9.57. The van der Waals surface area contributed by atoms with E-state index in [1.807, 2.05) is 0 Å². The van der Waals surface area contributed by atoms with Gasteiger partial charge < -0.3 is 10.2 Å². The van der Waals surface area contributed by atoms with Crippen molar-refractivity contribution in [3.05, 3.63) is 42.5 Å². The quantitative estimate of drug-likeness (QED) is 0.103. The van der Waals surface area contributed by atoms with E-state index >= 15 is 0 Å². The van der Waals surface area contributed by atoms with Crippen LogP contribution in [0.1, 0.15) is 0 Å². The minimum atomic E-state index is -4.97. The van der Waals surface area contributed by atoms with E-state index in [4.69, 9.17) is 5.26 Å². The number of aromatic hydroxyl groups is 2. The van der Waals surface area contributed by atoms with Crippen molar-refractivity contribution in [2.75, 3.05) is 0 Å². The average molecular weight is 504 g/mol. The highest BCUT2D eigenvalue weighted by atomic mass is 32.2. The van der Waals surface area contributed by atoms with Crippen molar-refractivity contribution in [1.82, 2.24) is 0 Å². The summed E-state index contributed by atoms with van der Waals surface area (Å²) in [7, 11) is -9.62. The van der Waals surface area contributed by atoms with Crippen LogP contribution in [0.3, 0.4) is 0 Å². The molecule has 0 saturated carbocycles. The molecule has 3 aromatic carbocycles. The zero-order chi connectivity index (χ0) is 23.7. The van der Waals surface area contributed by atoms with Gasteiger partial charge in [-0.1, -0.05) is 11.1 Å². The Morgan fingerprint density at radius 2 is 1.59 bits per heavy atom. The predicted octanol–water partition coefficient (Wildman–Crippen LogP) is 3.59. The lowest BCUT2D eigenvalue weighted by Gasteiger charge is -2.10. The molecule has 0 aromatic heterocycles. The number of phenols is 2. The molecule has 5 N–H and O–H groups in total. The first-order chi connectivity index (χ1) is 14.9. The molecule has 0 unspecified atom stereocenters. The standard InChI is InChI=1S/C16H12N2O11S3/c19-13-4-1-9(30-29-28-21)7-12(13)17-18-15-11-3-2-10(31(22,23)24)5-8(11)6-14(16(15)20)32(25,26)27/h1-7,19-21H,(H,22,23,24)(H,25,26,27). The molecular weight excluding hydrogens is 492 g/mol. The van der Waals surface area contributed by atoms with Gasteiger partial charge in [-0.3, -0.25) is 9.11 Å². The smallest absolute Gasteiger partial charge is 0.298 e. The third-order valence-corrected chi connectivity index (χ3v) is 6.26. The number of hydrogen-bond donors (Lipinski definition) is 5. The van der Waals surface area contributed by atoms with Gasteiger partial charge in [0.1, 0.15) is 22.0 Å². The molecule has 0 aliphatic heterocycles. The monoisotopic (exact) mass is 504 g/mol. The van der Waals surface area contributed by atoms with E-state index in [2.05, 4.69) is 19.6 Å². The summed E-state index contributed by atoms with van der Waals surface area (Å²) in [5.74, 6) is -1.36. The Bertz CT molecular complexity index is 1440. The maximum absolute atomic E-state index is 11.7. The van der Waals surface area contributed by atoms with Crippen LogP contribution in [0.15, 0.2) is 67.4 Å². The molecule has 0 spiro atoms. The fourth-order valence-electron chi connectivity index (χ4n) is 2.58. The van der Waals surface area contributed by atoms with E-state index < -0.39 is 41.5 Å². The summed E-state index contributed by atoms with van der Waals surface area (Å²) in [5, 5.41) is 39.4. The fraction of sp³-hybridized carbons (Fsp3) is 0. The maximum Gasteiger partial charge on any atom is 0.298 e. The number of nitrogens with zero attached hydrogens (tertiary/aromatic N) is 2. The molecule has 0 saturated heterocycles. The molecule has 0 amide bonds. The Labute approximate surface area is 184 Å².